The summed E-state index contributed by atoms with van der Waals surface area (Å²) in [6, 6.07) is 10.9. The summed E-state index contributed by atoms with van der Waals surface area (Å²) < 4.78 is 145. The fourth-order valence-electron chi connectivity index (χ4n) is 5.85. The molecule has 0 bridgehead atoms. The summed E-state index contributed by atoms with van der Waals surface area (Å²) in [6.45, 7) is 0. The van der Waals surface area contributed by atoms with E-state index in [0.29, 0.717) is 22.3 Å². The molecule has 0 atom stereocenters. The van der Waals surface area contributed by atoms with Gasteiger partial charge in [0.1, 0.15) is 22.3 Å². The van der Waals surface area contributed by atoms with E-state index in [4.69, 9.17) is 27.5 Å². The van der Waals surface area contributed by atoms with Gasteiger partial charge < -0.3 is 8.83 Å². The lowest BCUT2D eigenvalue weighted by atomic mass is 9.97. The highest BCUT2D eigenvalue weighted by atomic mass is 16.3. The lowest BCUT2D eigenvalue weighted by Gasteiger charge is -2.10. The van der Waals surface area contributed by atoms with Crippen molar-refractivity contribution in [2.75, 3.05) is 0 Å². The van der Waals surface area contributed by atoms with Gasteiger partial charge in [-0.15, -0.1) is 0 Å². The van der Waals surface area contributed by atoms with Crippen LogP contribution in [0.3, 0.4) is 0 Å². The molecule has 5 nitrogen and oxygen atoms in total. The van der Waals surface area contributed by atoms with Gasteiger partial charge in [-0.05, 0) is 47.0 Å². The standard InChI is InChI=1S/C45H27N3O2/c1-2-10-29(11-3-1)43-46-44(48-45(47-43)33-24-25-37-35-14-4-6-18-39(35)49-41(37)27-33)30-22-20-28(21-23-30)31-12-8-13-32(26-31)34-16-9-17-38-36-15-5-7-19-40(36)50-42(34)38/h1-27H/i5D,7D,8D,9D,12D,13D,15D,16D,17D,19D,20D,21D,22D,23D,26D. The van der Waals surface area contributed by atoms with Gasteiger partial charge in [0.25, 0.3) is 0 Å². The van der Waals surface area contributed by atoms with Crippen LogP contribution in [0.25, 0.3) is 100 Å². The molecule has 3 aromatic heterocycles. The van der Waals surface area contributed by atoms with E-state index in [9.17, 15) is 6.85 Å². The van der Waals surface area contributed by atoms with Gasteiger partial charge in [0.05, 0.1) is 20.6 Å². The highest BCUT2D eigenvalue weighted by Crippen LogP contribution is 2.37. The molecule has 0 saturated heterocycles. The molecule has 0 aliphatic heterocycles. The minimum atomic E-state index is -0.850. The second-order valence-corrected chi connectivity index (χ2v) is 11.2. The maximum absolute atomic E-state index is 9.45. The van der Waals surface area contributed by atoms with Crippen molar-refractivity contribution in [1.29, 1.82) is 0 Å². The van der Waals surface area contributed by atoms with Crippen molar-refractivity contribution in [3.8, 4) is 56.4 Å². The molecule has 50 heavy (non-hydrogen) atoms. The van der Waals surface area contributed by atoms with Crippen LogP contribution in [0.15, 0.2) is 172 Å². The molecule has 0 aliphatic carbocycles. The molecule has 0 aliphatic rings. The van der Waals surface area contributed by atoms with Gasteiger partial charge in [0.2, 0.25) is 0 Å². The van der Waals surface area contributed by atoms with E-state index in [1.54, 1.807) is 42.5 Å². The Balaban J connectivity index is 1.21. The van der Waals surface area contributed by atoms with Gasteiger partial charge in [-0.1, -0.05) is 133 Å². The van der Waals surface area contributed by atoms with Crippen molar-refractivity contribution >= 4 is 43.9 Å². The van der Waals surface area contributed by atoms with Gasteiger partial charge >= 0.3 is 0 Å². The lowest BCUT2D eigenvalue weighted by Crippen LogP contribution is -2.00. The van der Waals surface area contributed by atoms with Crippen LogP contribution in [-0.2, 0) is 0 Å². The zero-order chi connectivity index (χ0) is 46.1. The van der Waals surface area contributed by atoms with Gasteiger partial charge in [-0.3, -0.25) is 0 Å². The predicted octanol–water partition coefficient (Wildman–Crippen LogP) is 12.0. The van der Waals surface area contributed by atoms with Gasteiger partial charge in [0, 0.05) is 43.8 Å². The quantitative estimate of drug-likeness (QED) is 0.184. The maximum atomic E-state index is 9.45. The SMILES string of the molecule is [2H]c1c([2H])c(-c2c([2H])c([2H])c(-c3nc(-c4ccccc4)nc(-c4ccc5c(c4)oc4ccccc45)n3)c([2H])c2[2H])c([2H])c(-c2c([2H])c([2H])c([2H])c3c2oc2c([2H])c([2H])c([2H])c([2H])c23)c1[2H]. The molecule has 0 radical (unpaired) electrons. The van der Waals surface area contributed by atoms with Crippen molar-refractivity contribution in [3.05, 3.63) is 163 Å². The van der Waals surface area contributed by atoms with E-state index in [0.717, 1.165) is 10.8 Å². The first-order chi connectivity index (χ1) is 31.0. The number of aromatic nitrogens is 3. The Labute approximate surface area is 308 Å². The van der Waals surface area contributed by atoms with Gasteiger partial charge in [-0.25, -0.2) is 15.0 Å². The Kier molecular flexibility index (Phi) is 3.87. The van der Waals surface area contributed by atoms with Gasteiger partial charge in [-0.2, -0.15) is 0 Å². The number of hydrogen-bond acceptors (Lipinski definition) is 5. The normalized spacial score (nSPS) is 15.8. The van der Waals surface area contributed by atoms with E-state index in [1.807, 2.05) is 30.3 Å². The molecule has 0 amide bonds. The van der Waals surface area contributed by atoms with E-state index >= 15 is 0 Å². The number of furan rings is 2. The summed E-state index contributed by atoms with van der Waals surface area (Å²) in [6.07, 6.45) is 0. The van der Waals surface area contributed by atoms with Crippen molar-refractivity contribution in [3.63, 3.8) is 0 Å². The average Bonchev–Trinajstić information content (AvgIpc) is 3.90. The Hall–Kier alpha value is -6.85. The fourth-order valence-corrected chi connectivity index (χ4v) is 5.85. The largest absolute Gasteiger partial charge is 0.456 e. The zero-order valence-electron chi connectivity index (χ0n) is 40.6. The number of para-hydroxylation sites is 3. The van der Waals surface area contributed by atoms with E-state index < -0.39 is 124 Å². The molecule has 0 saturated carbocycles. The van der Waals surface area contributed by atoms with Gasteiger partial charge in [0.15, 0.2) is 17.5 Å². The molecule has 234 valence electrons. The fraction of sp³-hybridized carbons (Fsp3) is 0. The third-order valence-corrected chi connectivity index (χ3v) is 8.21. The molecule has 3 heterocycles. The maximum Gasteiger partial charge on any atom is 0.164 e. The van der Waals surface area contributed by atoms with Crippen molar-refractivity contribution in [2.24, 2.45) is 0 Å². The highest BCUT2D eigenvalue weighted by molar-refractivity contribution is 6.09. The Bertz CT molecular complexity index is 3710. The molecule has 7 aromatic carbocycles. The first kappa shape index (κ1) is 17.0. The molecule has 5 heteroatoms. The van der Waals surface area contributed by atoms with E-state index in [1.165, 1.54) is 0 Å². The predicted molar refractivity (Wildman–Crippen MR) is 202 cm³/mol. The molecule has 0 N–H and O–H groups in total. The summed E-state index contributed by atoms with van der Waals surface area (Å²) in [7, 11) is 0. The van der Waals surface area contributed by atoms with Crippen molar-refractivity contribution in [2.45, 2.75) is 0 Å². The third kappa shape index (κ3) is 4.75. The molecule has 0 unspecified atom stereocenters. The smallest absolute Gasteiger partial charge is 0.164 e. The first-order valence-electron chi connectivity index (χ1n) is 22.9. The summed E-state index contributed by atoms with van der Waals surface area (Å²) in [5.41, 5.74) is -1.31. The number of rotatable bonds is 5. The highest BCUT2D eigenvalue weighted by Gasteiger charge is 2.16. The summed E-state index contributed by atoms with van der Waals surface area (Å²) >= 11 is 0. The number of nitrogens with zero attached hydrogens (tertiary/aromatic N) is 3. The Morgan fingerprint density at radius 1 is 0.400 bits per heavy atom. The van der Waals surface area contributed by atoms with Crippen LogP contribution in [0.1, 0.15) is 20.6 Å². The lowest BCUT2D eigenvalue weighted by molar-refractivity contribution is 0.669. The van der Waals surface area contributed by atoms with Crippen LogP contribution >= 0.6 is 0 Å². The third-order valence-electron chi connectivity index (χ3n) is 8.21. The Morgan fingerprint density at radius 2 is 1.08 bits per heavy atom. The monoisotopic (exact) mass is 656 g/mol. The minimum absolute atomic E-state index is 0.122. The molecule has 10 rings (SSSR count). The van der Waals surface area contributed by atoms with E-state index in [2.05, 4.69) is 9.97 Å². The van der Waals surface area contributed by atoms with E-state index in [-0.39, 0.29) is 33.8 Å². The molecular formula is C45H27N3O2. The number of hydrogen-bond donors (Lipinski definition) is 0. The average molecular weight is 657 g/mol. The van der Waals surface area contributed by atoms with Crippen LogP contribution in [0.2, 0.25) is 0 Å². The van der Waals surface area contributed by atoms with Crippen LogP contribution in [-0.4, -0.2) is 15.0 Å². The van der Waals surface area contributed by atoms with Crippen LogP contribution in [0, 0.1) is 0 Å². The number of fused-ring (bicyclic) bond motifs is 6. The summed E-state index contributed by atoms with van der Waals surface area (Å²) in [4.78, 5) is 14.0. The molecule has 0 fully saturated rings. The second kappa shape index (κ2) is 11.4. The Morgan fingerprint density at radius 3 is 1.96 bits per heavy atom. The molecule has 10 aromatic rings. The first-order valence-corrected chi connectivity index (χ1v) is 15.4. The summed E-state index contributed by atoms with van der Waals surface area (Å²) in [5, 5.41) is 1.15. The topological polar surface area (TPSA) is 65.0 Å². The summed E-state index contributed by atoms with van der Waals surface area (Å²) in [5.74, 6) is 0.0368. The zero-order valence-corrected chi connectivity index (χ0v) is 25.6. The second-order valence-electron chi connectivity index (χ2n) is 11.2. The van der Waals surface area contributed by atoms with Crippen LogP contribution in [0.4, 0.5) is 0 Å². The molecular weight excluding hydrogens is 615 g/mol. The van der Waals surface area contributed by atoms with Crippen LogP contribution < -0.4 is 0 Å². The molecule has 0 spiro atoms. The van der Waals surface area contributed by atoms with Crippen molar-refractivity contribution < 1.29 is 29.4 Å². The van der Waals surface area contributed by atoms with Crippen LogP contribution in [0.5, 0.6) is 0 Å². The van der Waals surface area contributed by atoms with Crippen molar-refractivity contribution in [1.82, 2.24) is 15.0 Å². The number of benzene rings is 7. The minimum Gasteiger partial charge on any atom is -0.456 e.